The van der Waals surface area contributed by atoms with Crippen LogP contribution in [0.1, 0.15) is 34.3 Å². The molecule has 1 N–H and O–H groups in total. The summed E-state index contributed by atoms with van der Waals surface area (Å²) in [5, 5.41) is 3.32. The maximum Gasteiger partial charge on any atom is 0.338 e. The number of carbonyl (C=O) groups is 1. The summed E-state index contributed by atoms with van der Waals surface area (Å²) in [7, 11) is 0. The first kappa shape index (κ1) is 10.8. The fraction of sp³-hybridized carbons (Fsp3) is 0.500. The number of ether oxygens (including phenoxy) is 1. The molecule has 0 radical (unpaired) electrons. The van der Waals surface area contributed by atoms with Crippen molar-refractivity contribution in [3.05, 3.63) is 34.9 Å². The Morgan fingerprint density at radius 1 is 1.41 bits per heavy atom. The number of hydrogen-bond donors (Lipinski definition) is 1. The van der Waals surface area contributed by atoms with Gasteiger partial charge in [0.25, 0.3) is 0 Å². The summed E-state index contributed by atoms with van der Waals surface area (Å²) < 4.78 is 5.36. The van der Waals surface area contributed by atoms with E-state index >= 15 is 0 Å². The van der Waals surface area contributed by atoms with Gasteiger partial charge in [0.05, 0.1) is 12.2 Å². The molecule has 90 valence electrons. The van der Waals surface area contributed by atoms with Crippen LogP contribution in [0.4, 0.5) is 0 Å². The second-order valence-electron chi connectivity index (χ2n) is 4.91. The SMILES string of the molecule is O=C(OCC1CC1)c1cccc2c1CCNC2. The molecule has 0 aromatic heterocycles. The van der Waals surface area contributed by atoms with Gasteiger partial charge >= 0.3 is 5.97 Å². The first-order valence-corrected chi connectivity index (χ1v) is 6.33. The highest BCUT2D eigenvalue weighted by Crippen LogP contribution is 2.29. The van der Waals surface area contributed by atoms with Gasteiger partial charge in [0.15, 0.2) is 0 Å². The standard InChI is InChI=1S/C14H17NO2/c16-14(17-9-10-4-5-10)13-3-1-2-11-8-15-7-6-12(11)13/h1-3,10,15H,4-9H2. The molecule has 3 rings (SSSR count). The van der Waals surface area contributed by atoms with Crippen LogP contribution in [-0.2, 0) is 17.7 Å². The van der Waals surface area contributed by atoms with E-state index in [1.54, 1.807) is 0 Å². The normalized spacial score (nSPS) is 18.6. The Labute approximate surface area is 101 Å². The van der Waals surface area contributed by atoms with Crippen molar-refractivity contribution in [2.24, 2.45) is 5.92 Å². The minimum Gasteiger partial charge on any atom is -0.462 e. The highest BCUT2D eigenvalue weighted by molar-refractivity contribution is 5.91. The second kappa shape index (κ2) is 4.49. The van der Waals surface area contributed by atoms with E-state index in [1.165, 1.54) is 24.0 Å². The summed E-state index contributed by atoms with van der Waals surface area (Å²) in [4.78, 5) is 12.0. The number of carbonyl (C=O) groups excluding carboxylic acids is 1. The Morgan fingerprint density at radius 3 is 3.12 bits per heavy atom. The molecule has 1 heterocycles. The summed E-state index contributed by atoms with van der Waals surface area (Å²) >= 11 is 0. The second-order valence-corrected chi connectivity index (χ2v) is 4.91. The lowest BCUT2D eigenvalue weighted by Gasteiger charge is -2.19. The predicted molar refractivity (Wildman–Crippen MR) is 64.9 cm³/mol. The average molecular weight is 231 g/mol. The van der Waals surface area contributed by atoms with E-state index in [9.17, 15) is 4.79 Å². The van der Waals surface area contributed by atoms with Crippen LogP contribution in [0.3, 0.4) is 0 Å². The van der Waals surface area contributed by atoms with Gasteiger partial charge in [-0.15, -0.1) is 0 Å². The van der Waals surface area contributed by atoms with Crippen LogP contribution in [0, 0.1) is 5.92 Å². The zero-order valence-corrected chi connectivity index (χ0v) is 9.87. The molecule has 17 heavy (non-hydrogen) atoms. The van der Waals surface area contributed by atoms with Crippen LogP contribution in [0.15, 0.2) is 18.2 Å². The quantitative estimate of drug-likeness (QED) is 0.807. The molecule has 1 aromatic rings. The summed E-state index contributed by atoms with van der Waals surface area (Å²) in [6.07, 6.45) is 3.35. The monoisotopic (exact) mass is 231 g/mol. The smallest absolute Gasteiger partial charge is 0.338 e. The first-order valence-electron chi connectivity index (χ1n) is 6.33. The lowest BCUT2D eigenvalue weighted by molar-refractivity contribution is 0.0484. The van der Waals surface area contributed by atoms with Crippen molar-refractivity contribution in [3.8, 4) is 0 Å². The highest BCUT2D eigenvalue weighted by atomic mass is 16.5. The molecule has 1 aromatic carbocycles. The van der Waals surface area contributed by atoms with Crippen molar-refractivity contribution in [3.63, 3.8) is 0 Å². The number of hydrogen-bond acceptors (Lipinski definition) is 3. The van der Waals surface area contributed by atoms with Crippen LogP contribution < -0.4 is 5.32 Å². The molecule has 0 unspecified atom stereocenters. The van der Waals surface area contributed by atoms with Crippen molar-refractivity contribution in [2.45, 2.75) is 25.8 Å². The van der Waals surface area contributed by atoms with Crippen LogP contribution in [-0.4, -0.2) is 19.1 Å². The van der Waals surface area contributed by atoms with Gasteiger partial charge in [0.2, 0.25) is 0 Å². The minimum atomic E-state index is -0.143. The third-order valence-corrected chi connectivity index (χ3v) is 3.51. The molecule has 0 amide bonds. The van der Waals surface area contributed by atoms with E-state index in [-0.39, 0.29) is 5.97 Å². The van der Waals surface area contributed by atoms with Crippen LogP contribution >= 0.6 is 0 Å². The fourth-order valence-electron chi connectivity index (χ4n) is 2.28. The first-order chi connectivity index (χ1) is 8.34. The van der Waals surface area contributed by atoms with Gasteiger partial charge in [0, 0.05) is 6.54 Å². The van der Waals surface area contributed by atoms with Gasteiger partial charge in [-0.3, -0.25) is 0 Å². The van der Waals surface area contributed by atoms with Gasteiger partial charge in [-0.05, 0) is 48.9 Å². The zero-order valence-electron chi connectivity index (χ0n) is 9.87. The molecule has 3 nitrogen and oxygen atoms in total. The molecule has 1 saturated carbocycles. The molecule has 1 aliphatic carbocycles. The largest absolute Gasteiger partial charge is 0.462 e. The van der Waals surface area contributed by atoms with Gasteiger partial charge < -0.3 is 10.1 Å². The predicted octanol–water partition coefficient (Wildman–Crippen LogP) is 1.90. The molecule has 2 aliphatic rings. The molecule has 0 saturated heterocycles. The van der Waals surface area contributed by atoms with Gasteiger partial charge in [-0.25, -0.2) is 4.79 Å². The van der Waals surface area contributed by atoms with Crippen LogP contribution in [0.5, 0.6) is 0 Å². The number of esters is 1. The van der Waals surface area contributed by atoms with Gasteiger partial charge in [-0.1, -0.05) is 12.1 Å². The van der Waals surface area contributed by atoms with Crippen molar-refractivity contribution >= 4 is 5.97 Å². The summed E-state index contributed by atoms with van der Waals surface area (Å²) in [6, 6.07) is 5.91. The third kappa shape index (κ3) is 2.34. The summed E-state index contributed by atoms with van der Waals surface area (Å²) in [6.45, 7) is 2.40. The third-order valence-electron chi connectivity index (χ3n) is 3.51. The molecule has 1 aliphatic heterocycles. The number of nitrogens with one attached hydrogen (secondary N) is 1. The molecule has 0 bridgehead atoms. The van der Waals surface area contributed by atoms with Crippen LogP contribution in [0.25, 0.3) is 0 Å². The van der Waals surface area contributed by atoms with E-state index in [1.807, 2.05) is 12.1 Å². The number of benzene rings is 1. The van der Waals surface area contributed by atoms with Crippen molar-refractivity contribution in [2.75, 3.05) is 13.2 Å². The lowest BCUT2D eigenvalue weighted by atomic mass is 9.95. The van der Waals surface area contributed by atoms with E-state index < -0.39 is 0 Å². The Kier molecular flexibility index (Phi) is 2.85. The number of rotatable bonds is 3. The molecular weight excluding hydrogens is 214 g/mol. The van der Waals surface area contributed by atoms with E-state index in [0.29, 0.717) is 12.5 Å². The number of fused-ring (bicyclic) bond motifs is 1. The van der Waals surface area contributed by atoms with Crippen molar-refractivity contribution in [1.29, 1.82) is 0 Å². The molecular formula is C14H17NO2. The lowest BCUT2D eigenvalue weighted by Crippen LogP contribution is -2.25. The van der Waals surface area contributed by atoms with E-state index in [2.05, 4.69) is 11.4 Å². The summed E-state index contributed by atoms with van der Waals surface area (Å²) in [5.74, 6) is 0.482. The molecule has 1 fully saturated rings. The zero-order chi connectivity index (χ0) is 11.7. The molecule has 0 spiro atoms. The topological polar surface area (TPSA) is 38.3 Å². The highest BCUT2D eigenvalue weighted by Gasteiger charge is 2.24. The van der Waals surface area contributed by atoms with Gasteiger partial charge in [-0.2, -0.15) is 0 Å². The Hall–Kier alpha value is -1.35. The molecule has 0 atom stereocenters. The Balaban J connectivity index is 1.78. The minimum absolute atomic E-state index is 0.143. The Morgan fingerprint density at radius 2 is 2.29 bits per heavy atom. The average Bonchev–Trinajstić information content (AvgIpc) is 3.19. The van der Waals surface area contributed by atoms with Gasteiger partial charge in [0.1, 0.15) is 0 Å². The van der Waals surface area contributed by atoms with Crippen LogP contribution in [0.2, 0.25) is 0 Å². The Bertz CT molecular complexity index is 438. The molecule has 3 heteroatoms. The fourth-order valence-corrected chi connectivity index (χ4v) is 2.28. The van der Waals surface area contributed by atoms with Crippen molar-refractivity contribution < 1.29 is 9.53 Å². The summed E-state index contributed by atoms with van der Waals surface area (Å²) in [5.41, 5.74) is 3.17. The maximum atomic E-state index is 12.0. The van der Waals surface area contributed by atoms with E-state index in [4.69, 9.17) is 4.74 Å². The van der Waals surface area contributed by atoms with Crippen molar-refractivity contribution in [1.82, 2.24) is 5.32 Å². The maximum absolute atomic E-state index is 12.0. The van der Waals surface area contributed by atoms with E-state index in [0.717, 1.165) is 25.1 Å².